The first kappa shape index (κ1) is 44.8. The van der Waals surface area contributed by atoms with Crippen LogP contribution in [0.2, 0.25) is 5.02 Å². The SMILES string of the molecule is C=CCC(C(C)C)[C@@](CC(C)(C)C)(NC(=O)C(C)(C)C(C)NC(=O)C(Cc1ccc(OC)c(Cl)c1)NC(=O)C=C)C(=O)OOCc1ccc(OC)cc1. The van der Waals surface area contributed by atoms with Crippen LogP contribution in [-0.2, 0) is 42.0 Å². The Morgan fingerprint density at radius 1 is 0.887 bits per heavy atom. The third kappa shape index (κ3) is 12.6. The number of hydrogen-bond acceptors (Lipinski definition) is 8. The number of methoxy groups -OCH3 is 2. The molecule has 0 spiro atoms. The van der Waals surface area contributed by atoms with Gasteiger partial charge in [0.1, 0.15) is 29.7 Å². The van der Waals surface area contributed by atoms with Gasteiger partial charge in [-0.1, -0.05) is 77.1 Å². The van der Waals surface area contributed by atoms with E-state index in [-0.39, 0.29) is 25.4 Å². The maximum absolute atomic E-state index is 14.5. The molecule has 0 saturated carbocycles. The van der Waals surface area contributed by atoms with Crippen molar-refractivity contribution in [2.45, 2.75) is 98.9 Å². The van der Waals surface area contributed by atoms with E-state index in [0.717, 1.165) is 11.6 Å². The predicted molar refractivity (Wildman–Crippen MR) is 207 cm³/mol. The molecule has 3 N–H and O–H groups in total. The lowest BCUT2D eigenvalue weighted by Crippen LogP contribution is -2.66. The van der Waals surface area contributed by atoms with Crippen LogP contribution >= 0.6 is 11.6 Å². The number of rotatable bonds is 20. The number of hydrogen-bond donors (Lipinski definition) is 3. The van der Waals surface area contributed by atoms with Crippen molar-refractivity contribution in [3.63, 3.8) is 0 Å². The monoisotopic (exact) mass is 755 g/mol. The Hall–Kier alpha value is -4.35. The highest BCUT2D eigenvalue weighted by atomic mass is 35.5. The molecule has 0 saturated heterocycles. The number of carbonyl (C=O) groups excluding carboxylic acids is 4. The molecule has 0 bridgehead atoms. The Morgan fingerprint density at radius 2 is 1.51 bits per heavy atom. The van der Waals surface area contributed by atoms with E-state index in [2.05, 4.69) is 29.1 Å². The lowest BCUT2D eigenvalue weighted by atomic mass is 9.67. The fourth-order valence-electron chi connectivity index (χ4n) is 6.12. The van der Waals surface area contributed by atoms with Crippen LogP contribution < -0.4 is 25.4 Å². The predicted octanol–water partition coefficient (Wildman–Crippen LogP) is 6.92. The minimum absolute atomic E-state index is 0.0239. The minimum Gasteiger partial charge on any atom is -0.497 e. The summed E-state index contributed by atoms with van der Waals surface area (Å²) in [4.78, 5) is 66.1. The standard InChI is InChI=1S/C41H58ClN3O8/c1-13-15-31(26(3)4)41(25-39(6,7)8,38(49)53-52-24-28-16-19-30(50-11)20-17-28)45-37(48)40(9,10)27(5)43-36(47)33(44-35(46)14-2)23-29-18-21-34(51-12)32(42)22-29/h13-14,16-22,26-27,31,33H,1-2,15,23-25H2,3-12H3,(H,43,47)(H,44,46)(H,45,48)/t27?,31?,33?,41-/m1/s1. The first-order valence-electron chi connectivity index (χ1n) is 17.7. The van der Waals surface area contributed by atoms with Crippen LogP contribution in [0.1, 0.15) is 79.4 Å². The van der Waals surface area contributed by atoms with E-state index in [0.29, 0.717) is 28.5 Å². The maximum atomic E-state index is 14.5. The van der Waals surface area contributed by atoms with Crippen molar-refractivity contribution in [3.8, 4) is 11.5 Å². The summed E-state index contributed by atoms with van der Waals surface area (Å²) in [5.74, 6) is -1.69. The van der Waals surface area contributed by atoms with Crippen LogP contribution in [0.5, 0.6) is 11.5 Å². The third-order valence-electron chi connectivity index (χ3n) is 9.39. The molecule has 3 amide bonds. The first-order chi connectivity index (χ1) is 24.7. The van der Waals surface area contributed by atoms with Crippen LogP contribution in [0.3, 0.4) is 0 Å². The van der Waals surface area contributed by atoms with Crippen LogP contribution in [0.25, 0.3) is 0 Å². The maximum Gasteiger partial charge on any atom is 0.367 e. The summed E-state index contributed by atoms with van der Waals surface area (Å²) >= 11 is 6.32. The van der Waals surface area contributed by atoms with E-state index < -0.39 is 58.1 Å². The van der Waals surface area contributed by atoms with Crippen LogP contribution in [-0.4, -0.2) is 55.5 Å². The number of benzene rings is 2. The zero-order valence-corrected chi connectivity index (χ0v) is 33.6. The van der Waals surface area contributed by atoms with Gasteiger partial charge in [-0.25, -0.2) is 4.79 Å². The van der Waals surface area contributed by atoms with Crippen molar-refractivity contribution < 1.29 is 38.4 Å². The lowest BCUT2D eigenvalue weighted by Gasteiger charge is -2.45. The second-order valence-electron chi connectivity index (χ2n) is 15.4. The normalized spacial score (nSPS) is 14.5. The van der Waals surface area contributed by atoms with E-state index in [1.165, 1.54) is 7.11 Å². The molecule has 0 aliphatic carbocycles. The summed E-state index contributed by atoms with van der Waals surface area (Å²) in [6.45, 7) is 22.4. The van der Waals surface area contributed by atoms with Gasteiger partial charge < -0.3 is 25.4 Å². The third-order valence-corrected chi connectivity index (χ3v) is 9.68. The number of nitrogens with one attached hydrogen (secondary N) is 3. The highest BCUT2D eigenvalue weighted by Gasteiger charge is 2.53. The molecule has 0 fully saturated rings. The molecule has 2 aromatic rings. The van der Waals surface area contributed by atoms with Gasteiger partial charge in [-0.2, -0.15) is 4.89 Å². The van der Waals surface area contributed by atoms with Gasteiger partial charge in [0.15, 0.2) is 0 Å². The second-order valence-corrected chi connectivity index (χ2v) is 15.8. The molecular formula is C41H58ClN3O8. The van der Waals surface area contributed by atoms with E-state index in [4.69, 9.17) is 30.8 Å². The molecule has 3 unspecified atom stereocenters. The average Bonchev–Trinajstić information content (AvgIpc) is 3.09. The van der Waals surface area contributed by atoms with Crippen molar-refractivity contribution in [1.29, 1.82) is 0 Å². The van der Waals surface area contributed by atoms with E-state index in [1.54, 1.807) is 76.4 Å². The Morgan fingerprint density at radius 3 is 2.02 bits per heavy atom. The van der Waals surface area contributed by atoms with Crippen molar-refractivity contribution in [2.75, 3.05) is 14.2 Å². The molecule has 0 aliphatic heterocycles. The summed E-state index contributed by atoms with van der Waals surface area (Å²) in [5, 5.41) is 9.06. The molecular weight excluding hydrogens is 698 g/mol. The topological polar surface area (TPSA) is 141 Å². The highest BCUT2D eigenvalue weighted by Crippen LogP contribution is 2.40. The second kappa shape index (κ2) is 19.6. The average molecular weight is 756 g/mol. The molecule has 2 aromatic carbocycles. The van der Waals surface area contributed by atoms with Gasteiger partial charge in [0.25, 0.3) is 0 Å². The quantitative estimate of drug-likeness (QED) is 0.0573. The molecule has 11 nitrogen and oxygen atoms in total. The van der Waals surface area contributed by atoms with Crippen LogP contribution in [0, 0.1) is 22.7 Å². The molecule has 4 atom stereocenters. The number of amides is 3. The Bertz CT molecular complexity index is 1580. The minimum atomic E-state index is -1.55. The molecule has 0 aliphatic rings. The van der Waals surface area contributed by atoms with Gasteiger partial charge in [-0.05, 0) is 92.3 Å². The highest BCUT2D eigenvalue weighted by molar-refractivity contribution is 6.32. The zero-order chi connectivity index (χ0) is 40.1. The lowest BCUT2D eigenvalue weighted by molar-refractivity contribution is -0.288. The van der Waals surface area contributed by atoms with Gasteiger partial charge >= 0.3 is 5.97 Å². The van der Waals surface area contributed by atoms with Crippen molar-refractivity contribution >= 4 is 35.3 Å². The molecule has 2 rings (SSSR count). The van der Waals surface area contributed by atoms with E-state index in [1.807, 2.05) is 34.6 Å². The molecule has 12 heteroatoms. The Labute approximate surface area is 320 Å². The smallest absolute Gasteiger partial charge is 0.367 e. The number of carbonyl (C=O) groups is 4. The molecule has 0 radical (unpaired) electrons. The van der Waals surface area contributed by atoms with Crippen molar-refractivity contribution in [2.24, 2.45) is 22.7 Å². The summed E-state index contributed by atoms with van der Waals surface area (Å²) in [6, 6.07) is 10.4. The molecule has 0 aromatic heterocycles. The summed E-state index contributed by atoms with van der Waals surface area (Å²) in [5.41, 5.74) is -1.85. The fourth-order valence-corrected chi connectivity index (χ4v) is 6.40. The largest absolute Gasteiger partial charge is 0.497 e. The number of allylic oxidation sites excluding steroid dienone is 1. The molecule has 292 valence electrons. The van der Waals surface area contributed by atoms with Gasteiger partial charge in [-0.3, -0.25) is 19.3 Å². The molecule has 0 heterocycles. The van der Waals surface area contributed by atoms with E-state index >= 15 is 0 Å². The number of halogens is 1. The summed E-state index contributed by atoms with van der Waals surface area (Å²) in [7, 11) is 3.07. The Kier molecular flexibility index (Phi) is 16.6. The van der Waals surface area contributed by atoms with Crippen molar-refractivity contribution in [3.05, 3.63) is 83.9 Å². The number of ether oxygens (including phenoxy) is 2. The summed E-state index contributed by atoms with van der Waals surface area (Å²) in [6.07, 6.45) is 3.51. The van der Waals surface area contributed by atoms with Gasteiger partial charge in [0.05, 0.1) is 24.7 Å². The van der Waals surface area contributed by atoms with Gasteiger partial charge in [0, 0.05) is 12.5 Å². The van der Waals surface area contributed by atoms with E-state index in [9.17, 15) is 19.2 Å². The van der Waals surface area contributed by atoms with Crippen LogP contribution in [0.4, 0.5) is 0 Å². The van der Waals surface area contributed by atoms with Crippen LogP contribution in [0.15, 0.2) is 67.8 Å². The molecule has 53 heavy (non-hydrogen) atoms. The zero-order valence-electron chi connectivity index (χ0n) is 32.9. The van der Waals surface area contributed by atoms with Gasteiger partial charge in [-0.15, -0.1) is 6.58 Å². The first-order valence-corrected chi connectivity index (χ1v) is 18.1. The fraction of sp³-hybridized carbons (Fsp3) is 0.512. The van der Waals surface area contributed by atoms with Crippen molar-refractivity contribution in [1.82, 2.24) is 16.0 Å². The van der Waals surface area contributed by atoms with Gasteiger partial charge in [0.2, 0.25) is 17.7 Å². The summed E-state index contributed by atoms with van der Waals surface area (Å²) < 4.78 is 10.4. The Balaban J connectivity index is 2.44.